The fraction of sp³-hybridized carbons (Fsp3) is 0.622. The average molecular weight is 787 g/mol. The van der Waals surface area contributed by atoms with Crippen LogP contribution in [0.1, 0.15) is 131 Å². The molecule has 306 valence electrons. The number of hydrogen-bond donors (Lipinski definition) is 3. The van der Waals surface area contributed by atoms with Crippen LogP contribution in [0.15, 0.2) is 60.7 Å². The maximum atomic E-state index is 14.1. The van der Waals surface area contributed by atoms with Crippen molar-refractivity contribution in [2.75, 3.05) is 6.54 Å². The molecular formula is C45H66N4O6Si. The number of rotatable bonds is 14. The highest BCUT2D eigenvalue weighted by Crippen LogP contribution is 2.38. The van der Waals surface area contributed by atoms with E-state index in [-0.39, 0.29) is 28.5 Å². The SMILES string of the molecule is CC[C@]1(C)NC(=O)[C@H](CCCCCC(=O)[C@@H](C)O[Si](c2ccccc2)(c2ccccc2)C(C)(C)C)NC(=O)[C@H]2CCCN2C(=O)[C@H](CC2CCCCC2)NC1=O. The summed E-state index contributed by atoms with van der Waals surface area (Å²) in [5.41, 5.74) is -1.26. The third-order valence-corrected chi connectivity index (χ3v) is 17.7. The molecule has 10 nitrogen and oxygen atoms in total. The largest absolute Gasteiger partial charge is 0.398 e. The summed E-state index contributed by atoms with van der Waals surface area (Å²) < 4.78 is 7.03. The zero-order chi connectivity index (χ0) is 40.5. The summed E-state index contributed by atoms with van der Waals surface area (Å²) in [6.45, 7) is 12.4. The van der Waals surface area contributed by atoms with Gasteiger partial charge >= 0.3 is 0 Å². The quantitative estimate of drug-likeness (QED) is 0.166. The summed E-state index contributed by atoms with van der Waals surface area (Å²) in [5, 5.41) is 11.0. The highest BCUT2D eigenvalue weighted by molar-refractivity contribution is 6.99. The van der Waals surface area contributed by atoms with Crippen LogP contribution >= 0.6 is 0 Å². The molecule has 2 heterocycles. The molecule has 3 N–H and O–H groups in total. The highest BCUT2D eigenvalue weighted by Gasteiger charge is 2.51. The highest BCUT2D eigenvalue weighted by atomic mass is 28.4. The molecule has 3 fully saturated rings. The molecule has 0 aromatic heterocycles. The number of fused-ring (bicyclic) bond motifs is 1. The fourth-order valence-electron chi connectivity index (χ4n) is 9.05. The number of hydrogen-bond acceptors (Lipinski definition) is 6. The van der Waals surface area contributed by atoms with Crippen LogP contribution < -0.4 is 26.3 Å². The van der Waals surface area contributed by atoms with Gasteiger partial charge in [0.2, 0.25) is 23.6 Å². The van der Waals surface area contributed by atoms with Gasteiger partial charge < -0.3 is 25.3 Å². The Hall–Kier alpha value is -3.83. The first-order chi connectivity index (χ1) is 26.7. The van der Waals surface area contributed by atoms with Crippen molar-refractivity contribution in [3.8, 4) is 0 Å². The van der Waals surface area contributed by atoms with Crippen molar-refractivity contribution in [3.63, 3.8) is 0 Å². The van der Waals surface area contributed by atoms with E-state index in [1.165, 1.54) is 6.42 Å². The monoisotopic (exact) mass is 786 g/mol. The molecule has 4 amide bonds. The minimum absolute atomic E-state index is 0.0348. The second-order valence-corrected chi connectivity index (χ2v) is 21.9. The van der Waals surface area contributed by atoms with E-state index < -0.39 is 44.0 Å². The molecule has 1 saturated carbocycles. The van der Waals surface area contributed by atoms with Crippen LogP contribution in [0.4, 0.5) is 0 Å². The molecule has 0 unspecified atom stereocenters. The molecule has 2 saturated heterocycles. The van der Waals surface area contributed by atoms with Gasteiger partial charge in [0.05, 0.1) is 0 Å². The van der Waals surface area contributed by atoms with Crippen molar-refractivity contribution in [2.45, 2.75) is 166 Å². The fourth-order valence-corrected chi connectivity index (χ4v) is 13.7. The van der Waals surface area contributed by atoms with Gasteiger partial charge in [0.1, 0.15) is 29.8 Å². The first-order valence-electron chi connectivity index (χ1n) is 21.3. The van der Waals surface area contributed by atoms with Crippen LogP contribution in [0.3, 0.4) is 0 Å². The van der Waals surface area contributed by atoms with E-state index in [1.807, 2.05) is 50.2 Å². The lowest BCUT2D eigenvalue weighted by Crippen LogP contribution is -2.68. The van der Waals surface area contributed by atoms with E-state index >= 15 is 0 Å². The number of carbonyl (C=O) groups is 5. The second-order valence-electron chi connectivity index (χ2n) is 17.7. The van der Waals surface area contributed by atoms with Crippen LogP contribution in [0, 0.1) is 5.92 Å². The van der Waals surface area contributed by atoms with E-state index in [9.17, 15) is 24.0 Å². The molecular weight excluding hydrogens is 721 g/mol. The average Bonchev–Trinajstić information content (AvgIpc) is 3.69. The zero-order valence-corrected chi connectivity index (χ0v) is 35.7. The van der Waals surface area contributed by atoms with Crippen molar-refractivity contribution in [3.05, 3.63) is 60.7 Å². The molecule has 5 rings (SSSR count). The Balaban J connectivity index is 1.24. The third-order valence-electron chi connectivity index (χ3n) is 12.6. The predicted octanol–water partition coefficient (Wildman–Crippen LogP) is 5.70. The lowest BCUT2D eigenvalue weighted by atomic mass is 9.84. The van der Waals surface area contributed by atoms with Gasteiger partial charge in [-0.3, -0.25) is 24.0 Å². The van der Waals surface area contributed by atoms with Crippen molar-refractivity contribution >= 4 is 48.1 Å². The molecule has 2 aromatic carbocycles. The predicted molar refractivity (Wildman–Crippen MR) is 223 cm³/mol. The number of carbonyl (C=O) groups excluding carboxylic acids is 5. The van der Waals surface area contributed by atoms with Crippen LogP contribution in [-0.4, -0.2) is 78.9 Å². The second kappa shape index (κ2) is 19.1. The van der Waals surface area contributed by atoms with E-state index in [2.05, 4.69) is 61.0 Å². The number of unbranched alkanes of at least 4 members (excludes halogenated alkanes) is 2. The van der Waals surface area contributed by atoms with Crippen LogP contribution in [0.5, 0.6) is 0 Å². The number of amides is 4. The molecule has 1 aliphatic carbocycles. The summed E-state index contributed by atoms with van der Waals surface area (Å²) in [5.74, 6) is -0.963. The third kappa shape index (κ3) is 9.99. The van der Waals surface area contributed by atoms with Gasteiger partial charge in [-0.2, -0.15) is 0 Å². The van der Waals surface area contributed by atoms with Gasteiger partial charge in [-0.15, -0.1) is 0 Å². The van der Waals surface area contributed by atoms with Crippen LogP contribution in [0.2, 0.25) is 5.04 Å². The summed E-state index contributed by atoms with van der Waals surface area (Å²) in [4.78, 5) is 71.0. The van der Waals surface area contributed by atoms with E-state index in [4.69, 9.17) is 4.43 Å². The molecule has 0 radical (unpaired) electrons. The van der Waals surface area contributed by atoms with Crippen LogP contribution in [0.25, 0.3) is 0 Å². The van der Waals surface area contributed by atoms with Gasteiger partial charge in [-0.1, -0.05) is 133 Å². The van der Waals surface area contributed by atoms with E-state index in [1.54, 1.807) is 11.8 Å². The maximum absolute atomic E-state index is 14.1. The minimum atomic E-state index is -2.90. The van der Waals surface area contributed by atoms with E-state index in [0.717, 1.165) is 36.1 Å². The Morgan fingerprint density at radius 2 is 1.46 bits per heavy atom. The maximum Gasteiger partial charge on any atom is 0.262 e. The molecule has 3 aliphatic rings. The van der Waals surface area contributed by atoms with Crippen molar-refractivity contribution in [1.82, 2.24) is 20.9 Å². The topological polar surface area (TPSA) is 134 Å². The normalized spacial score (nSPS) is 25.0. The van der Waals surface area contributed by atoms with Crippen molar-refractivity contribution in [2.24, 2.45) is 5.92 Å². The first-order valence-corrected chi connectivity index (χ1v) is 23.2. The number of nitrogens with one attached hydrogen (secondary N) is 3. The molecule has 5 atom stereocenters. The minimum Gasteiger partial charge on any atom is -0.398 e. The van der Waals surface area contributed by atoms with Gasteiger partial charge in [0.15, 0.2) is 5.78 Å². The summed E-state index contributed by atoms with van der Waals surface area (Å²) in [7, 11) is -2.90. The smallest absolute Gasteiger partial charge is 0.262 e. The van der Waals surface area contributed by atoms with Crippen molar-refractivity contribution in [1.29, 1.82) is 0 Å². The van der Waals surface area contributed by atoms with Crippen LogP contribution in [-0.2, 0) is 28.4 Å². The van der Waals surface area contributed by atoms with Crippen molar-refractivity contribution < 1.29 is 28.4 Å². The number of nitrogens with zero attached hydrogens (tertiary/aromatic N) is 1. The van der Waals surface area contributed by atoms with Gasteiger partial charge in [0.25, 0.3) is 8.32 Å². The Kier molecular flexibility index (Phi) is 14.7. The summed E-state index contributed by atoms with van der Waals surface area (Å²) >= 11 is 0. The molecule has 2 aromatic rings. The number of benzene rings is 2. The number of Topliss-reactive ketones (excluding diaryl/α,β-unsaturated/α-hetero) is 1. The summed E-state index contributed by atoms with van der Waals surface area (Å²) in [6, 6.07) is 18.3. The Bertz CT molecular complexity index is 1620. The lowest BCUT2D eigenvalue weighted by molar-refractivity contribution is -0.145. The zero-order valence-electron chi connectivity index (χ0n) is 34.7. The van der Waals surface area contributed by atoms with E-state index in [0.29, 0.717) is 70.3 Å². The number of ketones is 1. The Morgan fingerprint density at radius 3 is 2.05 bits per heavy atom. The summed E-state index contributed by atoms with van der Waals surface area (Å²) in [6.07, 6.45) is 9.44. The molecule has 0 spiro atoms. The Morgan fingerprint density at radius 1 is 0.839 bits per heavy atom. The first kappa shape index (κ1) is 43.3. The molecule has 0 bridgehead atoms. The van der Waals surface area contributed by atoms with Gasteiger partial charge in [0, 0.05) is 13.0 Å². The van der Waals surface area contributed by atoms with Gasteiger partial charge in [-0.05, 0) is 73.7 Å². The standard InChI is InChI=1S/C45H66N4O6Si/c1-7-45(6)43(54)47-37(31-33-21-12-8-13-22-33)42(53)49-30-20-28-38(49)41(52)46-36(40(51)48-45)27-18-11-19-29-39(50)32(2)55-56(44(3,4)5,34-23-14-9-15-24-34)35-25-16-10-17-26-35/h9-10,14-17,23-26,32-33,36-38H,7-8,11-13,18-22,27-31H2,1-6H3,(H,46,52)(H,47,54)(H,48,51)/t32-,36+,37+,38-,45+/m1/s1. The molecule has 56 heavy (non-hydrogen) atoms. The van der Waals surface area contributed by atoms with Gasteiger partial charge in [-0.25, -0.2) is 0 Å². The molecule has 2 aliphatic heterocycles. The Labute approximate surface area is 335 Å². The molecule has 11 heteroatoms. The lowest BCUT2D eigenvalue weighted by Gasteiger charge is -2.44.